The fraction of sp³-hybridized carbons (Fsp3) is 1.00. The Kier molecular flexibility index (Phi) is 3.41. The number of nitrogens with zero attached hydrogens (tertiary/aromatic N) is 2. The molecule has 0 spiro atoms. The Morgan fingerprint density at radius 2 is 1.94 bits per heavy atom. The van der Waals surface area contributed by atoms with Gasteiger partial charge in [0.1, 0.15) is 0 Å². The SMILES string of the molecule is CC1CNC(C)(C)CN1C1CCN2CCCC2C1. The molecule has 3 nitrogen and oxygen atoms in total. The Morgan fingerprint density at radius 3 is 2.78 bits per heavy atom. The van der Waals surface area contributed by atoms with Crippen molar-refractivity contribution >= 4 is 0 Å². The van der Waals surface area contributed by atoms with Crippen LogP contribution in [0.2, 0.25) is 0 Å². The van der Waals surface area contributed by atoms with E-state index in [1.165, 1.54) is 45.3 Å². The van der Waals surface area contributed by atoms with Gasteiger partial charge in [0.2, 0.25) is 0 Å². The van der Waals surface area contributed by atoms with E-state index in [9.17, 15) is 0 Å². The van der Waals surface area contributed by atoms with Crippen molar-refractivity contribution in [3.8, 4) is 0 Å². The highest BCUT2D eigenvalue weighted by Gasteiger charge is 2.39. The number of rotatable bonds is 1. The third-order valence-electron chi connectivity index (χ3n) is 5.28. The Morgan fingerprint density at radius 1 is 1.11 bits per heavy atom. The molecule has 3 atom stereocenters. The van der Waals surface area contributed by atoms with Gasteiger partial charge in [-0.05, 0) is 59.5 Å². The highest BCUT2D eigenvalue weighted by molar-refractivity contribution is 4.97. The van der Waals surface area contributed by atoms with E-state index in [2.05, 4.69) is 35.9 Å². The van der Waals surface area contributed by atoms with Gasteiger partial charge in [0, 0.05) is 36.8 Å². The minimum absolute atomic E-state index is 0.291. The van der Waals surface area contributed by atoms with Gasteiger partial charge in [0.15, 0.2) is 0 Å². The van der Waals surface area contributed by atoms with Crippen LogP contribution in [0.15, 0.2) is 0 Å². The van der Waals surface area contributed by atoms with Crippen molar-refractivity contribution in [2.24, 2.45) is 0 Å². The molecule has 104 valence electrons. The van der Waals surface area contributed by atoms with Crippen molar-refractivity contribution in [3.05, 3.63) is 0 Å². The predicted octanol–water partition coefficient (Wildman–Crippen LogP) is 1.69. The summed E-state index contributed by atoms with van der Waals surface area (Å²) < 4.78 is 0. The van der Waals surface area contributed by atoms with Crippen LogP contribution in [0, 0.1) is 0 Å². The van der Waals surface area contributed by atoms with E-state index in [1.54, 1.807) is 0 Å². The molecule has 0 aromatic heterocycles. The van der Waals surface area contributed by atoms with Gasteiger partial charge in [0.05, 0.1) is 0 Å². The van der Waals surface area contributed by atoms with Gasteiger partial charge < -0.3 is 10.2 Å². The summed E-state index contributed by atoms with van der Waals surface area (Å²) in [4.78, 5) is 5.53. The summed E-state index contributed by atoms with van der Waals surface area (Å²) in [6.07, 6.45) is 5.68. The smallest absolute Gasteiger partial charge is 0.0253 e. The highest BCUT2D eigenvalue weighted by atomic mass is 15.3. The molecule has 3 rings (SSSR count). The lowest BCUT2D eigenvalue weighted by molar-refractivity contribution is 0.0198. The van der Waals surface area contributed by atoms with Gasteiger partial charge in [-0.15, -0.1) is 0 Å². The summed E-state index contributed by atoms with van der Waals surface area (Å²) in [5.74, 6) is 0. The average Bonchev–Trinajstić information content (AvgIpc) is 2.79. The van der Waals surface area contributed by atoms with Crippen molar-refractivity contribution in [2.75, 3.05) is 26.2 Å². The molecule has 0 aliphatic carbocycles. The summed E-state index contributed by atoms with van der Waals surface area (Å²) >= 11 is 0. The fourth-order valence-electron chi connectivity index (χ4n) is 4.20. The van der Waals surface area contributed by atoms with Gasteiger partial charge in [-0.1, -0.05) is 0 Å². The normalized spacial score (nSPS) is 41.8. The molecule has 0 bridgehead atoms. The topological polar surface area (TPSA) is 18.5 Å². The van der Waals surface area contributed by atoms with E-state index in [1.807, 2.05) is 0 Å². The summed E-state index contributed by atoms with van der Waals surface area (Å²) in [5.41, 5.74) is 0.291. The van der Waals surface area contributed by atoms with Gasteiger partial charge in [0.25, 0.3) is 0 Å². The maximum Gasteiger partial charge on any atom is 0.0253 e. The van der Waals surface area contributed by atoms with E-state index in [0.717, 1.165) is 18.6 Å². The monoisotopic (exact) mass is 251 g/mol. The number of fused-ring (bicyclic) bond motifs is 1. The van der Waals surface area contributed by atoms with Crippen LogP contribution in [0.25, 0.3) is 0 Å². The van der Waals surface area contributed by atoms with Gasteiger partial charge in [-0.25, -0.2) is 0 Å². The fourth-order valence-corrected chi connectivity index (χ4v) is 4.20. The number of hydrogen-bond donors (Lipinski definition) is 1. The maximum atomic E-state index is 3.67. The highest BCUT2D eigenvalue weighted by Crippen LogP contribution is 2.31. The number of hydrogen-bond acceptors (Lipinski definition) is 3. The first-order valence-corrected chi connectivity index (χ1v) is 7.80. The Labute approximate surface area is 112 Å². The molecule has 3 aliphatic rings. The minimum Gasteiger partial charge on any atom is -0.309 e. The lowest BCUT2D eigenvalue weighted by atomic mass is 9.91. The molecule has 3 fully saturated rings. The number of nitrogens with one attached hydrogen (secondary N) is 1. The Bertz CT molecular complexity index is 302. The second kappa shape index (κ2) is 4.77. The van der Waals surface area contributed by atoms with E-state index >= 15 is 0 Å². The van der Waals surface area contributed by atoms with E-state index < -0.39 is 0 Å². The minimum atomic E-state index is 0.291. The Balaban J connectivity index is 1.66. The van der Waals surface area contributed by atoms with E-state index in [-0.39, 0.29) is 0 Å². The quantitative estimate of drug-likeness (QED) is 0.765. The van der Waals surface area contributed by atoms with Crippen LogP contribution in [0.1, 0.15) is 46.5 Å². The van der Waals surface area contributed by atoms with Crippen molar-refractivity contribution in [2.45, 2.75) is 70.1 Å². The van der Waals surface area contributed by atoms with Crippen molar-refractivity contribution in [3.63, 3.8) is 0 Å². The third kappa shape index (κ3) is 2.45. The molecule has 3 unspecified atom stereocenters. The summed E-state index contributed by atoms with van der Waals surface area (Å²) in [6.45, 7) is 12.1. The standard InChI is InChI=1S/C15H29N3/c1-12-10-16-15(2,3)11-18(12)14-6-8-17-7-4-5-13(17)9-14/h12-14,16H,4-11H2,1-3H3. The van der Waals surface area contributed by atoms with Gasteiger partial charge >= 0.3 is 0 Å². The van der Waals surface area contributed by atoms with Crippen molar-refractivity contribution < 1.29 is 0 Å². The van der Waals surface area contributed by atoms with Crippen LogP contribution in [-0.2, 0) is 0 Å². The zero-order chi connectivity index (χ0) is 12.8. The van der Waals surface area contributed by atoms with Crippen molar-refractivity contribution in [1.82, 2.24) is 15.1 Å². The van der Waals surface area contributed by atoms with Crippen LogP contribution in [0.4, 0.5) is 0 Å². The molecular weight excluding hydrogens is 222 g/mol. The van der Waals surface area contributed by atoms with Crippen LogP contribution >= 0.6 is 0 Å². The maximum absolute atomic E-state index is 3.67. The molecule has 0 radical (unpaired) electrons. The predicted molar refractivity (Wildman–Crippen MR) is 75.9 cm³/mol. The van der Waals surface area contributed by atoms with Crippen molar-refractivity contribution in [1.29, 1.82) is 0 Å². The molecule has 3 heteroatoms. The number of piperidine rings is 1. The molecule has 0 amide bonds. The number of piperazine rings is 1. The van der Waals surface area contributed by atoms with Crippen LogP contribution in [0.3, 0.4) is 0 Å². The molecule has 0 aromatic rings. The van der Waals surface area contributed by atoms with E-state index in [0.29, 0.717) is 11.6 Å². The summed E-state index contributed by atoms with van der Waals surface area (Å²) in [5, 5.41) is 3.67. The van der Waals surface area contributed by atoms with Crippen LogP contribution < -0.4 is 5.32 Å². The lowest BCUT2D eigenvalue weighted by Gasteiger charge is -2.50. The van der Waals surface area contributed by atoms with Crippen LogP contribution in [-0.4, -0.2) is 59.6 Å². The van der Waals surface area contributed by atoms with Crippen LogP contribution in [0.5, 0.6) is 0 Å². The second-order valence-electron chi connectivity index (χ2n) is 7.30. The largest absolute Gasteiger partial charge is 0.309 e. The summed E-state index contributed by atoms with van der Waals surface area (Å²) in [7, 11) is 0. The van der Waals surface area contributed by atoms with E-state index in [4.69, 9.17) is 0 Å². The first-order valence-electron chi connectivity index (χ1n) is 7.80. The molecule has 3 heterocycles. The zero-order valence-electron chi connectivity index (χ0n) is 12.3. The Hall–Kier alpha value is -0.120. The van der Waals surface area contributed by atoms with Gasteiger partial charge in [-0.2, -0.15) is 0 Å². The molecular formula is C15H29N3. The zero-order valence-corrected chi connectivity index (χ0v) is 12.3. The van der Waals surface area contributed by atoms with Gasteiger partial charge in [-0.3, -0.25) is 4.90 Å². The first-order chi connectivity index (χ1) is 8.55. The molecule has 1 N–H and O–H groups in total. The molecule has 3 saturated heterocycles. The third-order valence-corrected chi connectivity index (χ3v) is 5.28. The molecule has 0 aromatic carbocycles. The first kappa shape index (κ1) is 12.9. The second-order valence-corrected chi connectivity index (χ2v) is 7.30. The molecule has 0 saturated carbocycles. The lowest BCUT2D eigenvalue weighted by Crippen LogP contribution is -2.64. The molecule has 3 aliphatic heterocycles. The summed E-state index contributed by atoms with van der Waals surface area (Å²) in [6, 6.07) is 2.44. The molecule has 18 heavy (non-hydrogen) atoms. The average molecular weight is 251 g/mol.